The first kappa shape index (κ1) is 14.8. The molecule has 6 nitrogen and oxygen atoms in total. The van der Waals surface area contributed by atoms with Crippen molar-refractivity contribution in [2.24, 2.45) is 4.99 Å². The first-order valence-electron chi connectivity index (χ1n) is 6.95. The number of nitrogens with zero attached hydrogens (tertiary/aromatic N) is 3. The fourth-order valence-electron chi connectivity index (χ4n) is 2.03. The van der Waals surface area contributed by atoms with Crippen molar-refractivity contribution in [3.63, 3.8) is 0 Å². The number of aromatic nitrogens is 2. The predicted octanol–water partition coefficient (Wildman–Crippen LogP) is 3.50. The first-order valence-corrected chi connectivity index (χ1v) is 6.95. The minimum Gasteiger partial charge on any atom is -0.493 e. The maximum Gasteiger partial charge on any atom is 0.342 e. The molecule has 0 fully saturated rings. The van der Waals surface area contributed by atoms with Gasteiger partial charge in [-0.2, -0.15) is 0 Å². The van der Waals surface area contributed by atoms with Crippen molar-refractivity contribution < 1.29 is 13.9 Å². The molecular formula is C17H15N3O3. The van der Waals surface area contributed by atoms with Crippen LogP contribution in [0, 0.1) is 0 Å². The van der Waals surface area contributed by atoms with E-state index in [0.717, 1.165) is 11.1 Å². The second-order valence-corrected chi connectivity index (χ2v) is 4.63. The maximum absolute atomic E-state index is 5.52. The Morgan fingerprint density at radius 1 is 0.957 bits per heavy atom. The Kier molecular flexibility index (Phi) is 4.33. The van der Waals surface area contributed by atoms with Gasteiger partial charge in [-0.05, 0) is 35.9 Å². The van der Waals surface area contributed by atoms with Crippen LogP contribution >= 0.6 is 0 Å². The Bertz CT molecular complexity index is 813. The molecule has 1 aromatic heterocycles. The zero-order chi connectivity index (χ0) is 16.1. The van der Waals surface area contributed by atoms with E-state index in [0.29, 0.717) is 17.4 Å². The van der Waals surface area contributed by atoms with Gasteiger partial charge in [-0.3, -0.25) is 0 Å². The lowest BCUT2D eigenvalue weighted by atomic mass is 10.2. The van der Waals surface area contributed by atoms with E-state index >= 15 is 0 Å². The van der Waals surface area contributed by atoms with Crippen LogP contribution < -0.4 is 9.47 Å². The van der Waals surface area contributed by atoms with E-state index in [-0.39, 0.29) is 6.01 Å². The summed E-state index contributed by atoms with van der Waals surface area (Å²) in [4.78, 5) is 4.19. The third kappa shape index (κ3) is 3.37. The van der Waals surface area contributed by atoms with Crippen LogP contribution in [0.1, 0.15) is 5.56 Å². The molecule has 0 spiro atoms. The number of aliphatic imine (C=N–C) groups is 1. The second-order valence-electron chi connectivity index (χ2n) is 4.63. The largest absolute Gasteiger partial charge is 0.493 e. The van der Waals surface area contributed by atoms with Crippen LogP contribution in [0.2, 0.25) is 0 Å². The molecule has 0 bridgehead atoms. The van der Waals surface area contributed by atoms with Crippen LogP contribution in [0.4, 0.5) is 6.01 Å². The van der Waals surface area contributed by atoms with Crippen molar-refractivity contribution in [2.45, 2.75) is 0 Å². The van der Waals surface area contributed by atoms with Gasteiger partial charge >= 0.3 is 6.01 Å². The van der Waals surface area contributed by atoms with Crippen LogP contribution in [-0.4, -0.2) is 30.6 Å². The summed E-state index contributed by atoms with van der Waals surface area (Å²) in [6, 6.07) is 15.2. The summed E-state index contributed by atoms with van der Waals surface area (Å²) in [5.41, 5.74) is 1.69. The van der Waals surface area contributed by atoms with Gasteiger partial charge in [0.1, 0.15) is 0 Å². The number of benzene rings is 2. The molecule has 0 amide bonds. The van der Waals surface area contributed by atoms with E-state index in [1.807, 2.05) is 48.5 Å². The zero-order valence-corrected chi connectivity index (χ0v) is 12.8. The molecule has 0 atom stereocenters. The van der Waals surface area contributed by atoms with E-state index in [1.54, 1.807) is 20.4 Å². The molecule has 1 heterocycles. The molecule has 23 heavy (non-hydrogen) atoms. The van der Waals surface area contributed by atoms with Gasteiger partial charge < -0.3 is 13.9 Å². The molecule has 3 aromatic rings. The highest BCUT2D eigenvalue weighted by Crippen LogP contribution is 2.27. The van der Waals surface area contributed by atoms with Gasteiger partial charge in [-0.15, -0.1) is 5.10 Å². The molecule has 0 radical (unpaired) electrons. The van der Waals surface area contributed by atoms with Gasteiger partial charge in [0.15, 0.2) is 11.5 Å². The molecule has 3 rings (SSSR count). The number of hydrogen-bond donors (Lipinski definition) is 0. The topological polar surface area (TPSA) is 69.7 Å². The Hall–Kier alpha value is -3.15. The van der Waals surface area contributed by atoms with E-state index < -0.39 is 0 Å². The smallest absolute Gasteiger partial charge is 0.342 e. The summed E-state index contributed by atoms with van der Waals surface area (Å²) < 4.78 is 16.0. The molecule has 0 aliphatic carbocycles. The zero-order valence-electron chi connectivity index (χ0n) is 12.8. The number of methoxy groups -OCH3 is 2. The fourth-order valence-corrected chi connectivity index (χ4v) is 2.03. The van der Waals surface area contributed by atoms with Gasteiger partial charge in [0.25, 0.3) is 0 Å². The van der Waals surface area contributed by atoms with Crippen molar-refractivity contribution in [1.29, 1.82) is 0 Å². The highest BCUT2D eigenvalue weighted by molar-refractivity contribution is 5.82. The Morgan fingerprint density at radius 2 is 1.74 bits per heavy atom. The SMILES string of the molecule is COc1ccc(/C=N/c2nnc(-c3ccccc3)o2)cc1OC. The Morgan fingerprint density at radius 3 is 2.48 bits per heavy atom. The van der Waals surface area contributed by atoms with Gasteiger partial charge in [0.2, 0.25) is 5.89 Å². The van der Waals surface area contributed by atoms with Gasteiger partial charge in [0.05, 0.1) is 14.2 Å². The van der Waals surface area contributed by atoms with Crippen molar-refractivity contribution in [1.82, 2.24) is 10.2 Å². The average Bonchev–Trinajstić information content (AvgIpc) is 3.09. The predicted molar refractivity (Wildman–Crippen MR) is 86.5 cm³/mol. The van der Waals surface area contributed by atoms with Gasteiger partial charge in [0, 0.05) is 11.8 Å². The standard InChI is InChI=1S/C17H15N3O3/c1-21-14-9-8-12(10-15(14)22-2)11-18-17-20-19-16(23-17)13-6-4-3-5-7-13/h3-11H,1-2H3/b18-11+. The van der Waals surface area contributed by atoms with Crippen molar-refractivity contribution >= 4 is 12.2 Å². The molecule has 0 aliphatic heterocycles. The molecule has 6 heteroatoms. The van der Waals surface area contributed by atoms with Crippen LogP contribution in [0.25, 0.3) is 11.5 Å². The molecule has 2 aromatic carbocycles. The van der Waals surface area contributed by atoms with Crippen molar-refractivity contribution in [3.8, 4) is 23.0 Å². The minimum atomic E-state index is 0.193. The number of rotatable bonds is 5. The van der Waals surface area contributed by atoms with Crippen LogP contribution in [0.5, 0.6) is 11.5 Å². The number of hydrogen-bond acceptors (Lipinski definition) is 6. The third-order valence-corrected chi connectivity index (χ3v) is 3.17. The lowest BCUT2D eigenvalue weighted by molar-refractivity contribution is 0.355. The summed E-state index contributed by atoms with van der Waals surface area (Å²) in [5, 5.41) is 7.90. The molecule has 0 unspecified atom stereocenters. The molecule has 0 saturated heterocycles. The normalized spacial score (nSPS) is 10.9. The van der Waals surface area contributed by atoms with E-state index in [1.165, 1.54) is 0 Å². The van der Waals surface area contributed by atoms with Crippen molar-refractivity contribution in [2.75, 3.05) is 14.2 Å². The molecule has 116 valence electrons. The van der Waals surface area contributed by atoms with Crippen molar-refractivity contribution in [3.05, 3.63) is 54.1 Å². The number of ether oxygens (including phenoxy) is 2. The lowest BCUT2D eigenvalue weighted by Gasteiger charge is -2.07. The second kappa shape index (κ2) is 6.74. The first-order chi connectivity index (χ1) is 11.3. The molecular weight excluding hydrogens is 294 g/mol. The Balaban J connectivity index is 1.80. The van der Waals surface area contributed by atoms with E-state index in [4.69, 9.17) is 13.9 Å². The van der Waals surface area contributed by atoms with Crippen LogP contribution in [0.3, 0.4) is 0 Å². The molecule has 0 N–H and O–H groups in total. The van der Waals surface area contributed by atoms with Crippen LogP contribution in [0.15, 0.2) is 57.9 Å². The van der Waals surface area contributed by atoms with Gasteiger partial charge in [-0.25, -0.2) is 4.99 Å². The summed E-state index contributed by atoms with van der Waals surface area (Å²) in [6.07, 6.45) is 1.63. The lowest BCUT2D eigenvalue weighted by Crippen LogP contribution is -1.91. The average molecular weight is 309 g/mol. The molecule has 0 saturated carbocycles. The minimum absolute atomic E-state index is 0.193. The summed E-state index contributed by atoms with van der Waals surface area (Å²) in [6.45, 7) is 0. The maximum atomic E-state index is 5.52. The van der Waals surface area contributed by atoms with Crippen LogP contribution in [-0.2, 0) is 0 Å². The molecule has 0 aliphatic rings. The summed E-state index contributed by atoms with van der Waals surface area (Å²) in [5.74, 6) is 1.73. The van der Waals surface area contributed by atoms with Gasteiger partial charge in [-0.1, -0.05) is 23.3 Å². The third-order valence-electron chi connectivity index (χ3n) is 3.17. The Labute approximate surface area is 133 Å². The fraction of sp³-hybridized carbons (Fsp3) is 0.118. The van der Waals surface area contributed by atoms with E-state index in [2.05, 4.69) is 15.2 Å². The summed E-state index contributed by atoms with van der Waals surface area (Å²) in [7, 11) is 3.18. The monoisotopic (exact) mass is 309 g/mol. The summed E-state index contributed by atoms with van der Waals surface area (Å²) >= 11 is 0. The highest BCUT2D eigenvalue weighted by Gasteiger charge is 2.07. The van der Waals surface area contributed by atoms with E-state index in [9.17, 15) is 0 Å². The quantitative estimate of drug-likeness (QED) is 0.675. The highest BCUT2D eigenvalue weighted by atomic mass is 16.5.